The molecule has 0 bridgehead atoms. The quantitative estimate of drug-likeness (QED) is 0.256. The normalized spacial score (nSPS) is 13.9. The smallest absolute Gasteiger partial charge is 0.342 e. The van der Waals surface area contributed by atoms with E-state index in [1.165, 1.54) is 52.5 Å². The molecule has 2 amide bonds. The van der Waals surface area contributed by atoms with Crippen molar-refractivity contribution < 1.29 is 46.2 Å². The van der Waals surface area contributed by atoms with Gasteiger partial charge in [0.25, 0.3) is 5.56 Å². The topological polar surface area (TPSA) is 135 Å². The van der Waals surface area contributed by atoms with Crippen molar-refractivity contribution in [2.45, 2.75) is 44.5 Å². The van der Waals surface area contributed by atoms with Crippen molar-refractivity contribution >= 4 is 36.2 Å². The van der Waals surface area contributed by atoms with E-state index in [1.807, 2.05) is 33.0 Å². The van der Waals surface area contributed by atoms with Crippen molar-refractivity contribution in [3.8, 4) is 0 Å². The van der Waals surface area contributed by atoms with Crippen LogP contribution in [0.1, 0.15) is 36.0 Å². The molecule has 2 aromatic carbocycles. The lowest BCUT2D eigenvalue weighted by molar-refractivity contribution is -0.117. The number of aldehydes is 1. The van der Waals surface area contributed by atoms with Gasteiger partial charge < -0.3 is 30.2 Å². The highest BCUT2D eigenvalue weighted by molar-refractivity contribution is 7.99. The lowest BCUT2D eigenvalue weighted by Crippen LogP contribution is -2.32. The molecule has 1 aliphatic heterocycles. The van der Waals surface area contributed by atoms with Crippen molar-refractivity contribution in [3.05, 3.63) is 99.2 Å². The van der Waals surface area contributed by atoms with E-state index < -0.39 is 35.0 Å². The molecule has 1 aliphatic rings. The second kappa shape index (κ2) is 24.1. The number of halogens is 5. The molecule has 49 heavy (non-hydrogen) atoms. The first-order chi connectivity index (χ1) is 23.1. The number of rotatable bonds is 8. The van der Waals surface area contributed by atoms with Crippen molar-refractivity contribution in [2.24, 2.45) is 5.73 Å². The van der Waals surface area contributed by atoms with Crippen LogP contribution in [0.15, 0.2) is 59.5 Å². The molecule has 3 N–H and O–H groups in total. The number of primary amides is 1. The average Bonchev–Trinajstić information content (AvgIpc) is 3.39. The number of carbonyl (C=O) groups is 3. The van der Waals surface area contributed by atoms with E-state index in [0.717, 1.165) is 17.5 Å². The molecule has 2 heterocycles. The number of anilines is 1. The first-order valence-corrected chi connectivity index (χ1v) is 15.5. The van der Waals surface area contributed by atoms with Crippen LogP contribution in [-0.2, 0) is 25.5 Å². The van der Waals surface area contributed by atoms with Gasteiger partial charge in [-0.05, 0) is 88.4 Å². The van der Waals surface area contributed by atoms with Gasteiger partial charge in [-0.25, -0.2) is 13.2 Å². The highest BCUT2D eigenvalue weighted by atomic mass is 32.2. The Morgan fingerprint density at radius 2 is 1.57 bits per heavy atom. The number of ether oxygens (including phenoxy) is 1. The fourth-order valence-corrected chi connectivity index (χ4v) is 4.92. The minimum absolute atomic E-state index is 0.00273. The zero-order chi connectivity index (χ0) is 37.7. The van der Waals surface area contributed by atoms with Gasteiger partial charge in [0.15, 0.2) is 0 Å². The Hall–Kier alpha value is -4.12. The van der Waals surface area contributed by atoms with Gasteiger partial charge in [-0.2, -0.15) is 8.78 Å². The van der Waals surface area contributed by atoms with Crippen LogP contribution >= 0.6 is 11.9 Å². The number of benzene rings is 2. The third-order valence-corrected chi connectivity index (χ3v) is 7.04. The molecule has 0 radical (unpaired) electrons. The summed E-state index contributed by atoms with van der Waals surface area (Å²) in [4.78, 5) is 48.5. The number of aryl methyl sites for hydroxylation is 2. The van der Waals surface area contributed by atoms with Crippen molar-refractivity contribution in [1.82, 2.24) is 8.87 Å². The van der Waals surface area contributed by atoms with E-state index in [9.17, 15) is 36.3 Å². The minimum Gasteiger partial charge on any atom is -0.383 e. The van der Waals surface area contributed by atoms with E-state index in [4.69, 9.17) is 14.6 Å². The number of amides is 2. The monoisotopic (exact) mass is 718 g/mol. The highest BCUT2D eigenvalue weighted by Crippen LogP contribution is 2.34. The Bertz CT molecular complexity index is 1440. The lowest BCUT2D eigenvalue weighted by Gasteiger charge is -2.18. The summed E-state index contributed by atoms with van der Waals surface area (Å²) in [6, 6.07) is 12.0. The number of hydrogen-bond donors (Lipinski definition) is 2. The van der Waals surface area contributed by atoms with Gasteiger partial charge in [-0.1, -0.05) is 24.6 Å². The molecule has 10 nitrogen and oxygen atoms in total. The van der Waals surface area contributed by atoms with Crippen LogP contribution in [0.4, 0.5) is 27.6 Å². The van der Waals surface area contributed by atoms with Crippen LogP contribution < -0.4 is 16.2 Å². The Kier molecular flexibility index (Phi) is 22.1. The first-order valence-electron chi connectivity index (χ1n) is 14.6. The third-order valence-electron chi connectivity index (χ3n) is 6.01. The summed E-state index contributed by atoms with van der Waals surface area (Å²) in [6.45, 7) is 0.688. The molecule has 0 saturated carbocycles. The van der Waals surface area contributed by atoms with Crippen LogP contribution in [0.5, 0.6) is 0 Å². The number of nitrogens with two attached hydrogens (primary N) is 1. The molecule has 0 spiro atoms. The molecule has 4 rings (SSSR count). The molecule has 2 unspecified atom stereocenters. The second-order valence-electron chi connectivity index (χ2n) is 10.5. The Morgan fingerprint density at radius 1 is 1.06 bits per heavy atom. The van der Waals surface area contributed by atoms with Crippen molar-refractivity contribution in [2.75, 3.05) is 46.3 Å². The fourth-order valence-electron chi connectivity index (χ4n) is 4.06. The van der Waals surface area contributed by atoms with E-state index in [-0.39, 0.29) is 49.0 Å². The van der Waals surface area contributed by atoms with Gasteiger partial charge in [0, 0.05) is 37.8 Å². The number of aromatic nitrogens is 1. The molecule has 272 valence electrons. The molecule has 1 aromatic heterocycles. The van der Waals surface area contributed by atoms with E-state index in [2.05, 4.69) is 5.73 Å². The number of aliphatic hydroxyl groups is 1. The van der Waals surface area contributed by atoms with Gasteiger partial charge >= 0.3 is 6.61 Å². The molecular formula is C33H43F5N4O6S. The number of methoxy groups -OCH3 is 1. The Labute approximate surface area is 286 Å². The van der Waals surface area contributed by atoms with Gasteiger partial charge in [-0.3, -0.25) is 18.4 Å². The zero-order valence-corrected chi connectivity index (χ0v) is 28.9. The minimum atomic E-state index is -3.17. The maximum absolute atomic E-state index is 14.5. The average molecular weight is 719 g/mol. The summed E-state index contributed by atoms with van der Waals surface area (Å²) in [6.07, 6.45) is 2.82. The zero-order valence-electron chi connectivity index (χ0n) is 28.1. The molecule has 3 aromatic rings. The maximum Gasteiger partial charge on any atom is 0.342 e. The number of carbonyl (C=O) groups excluding carboxylic acids is 3. The summed E-state index contributed by atoms with van der Waals surface area (Å²) >= 11 is 0.973. The summed E-state index contributed by atoms with van der Waals surface area (Å²) < 4.78 is 67.1. The first kappa shape index (κ1) is 44.9. The van der Waals surface area contributed by atoms with Crippen molar-refractivity contribution in [3.63, 3.8) is 0 Å². The molecule has 16 heteroatoms. The molecular weight excluding hydrogens is 675 g/mol. The van der Waals surface area contributed by atoms with E-state index in [1.54, 1.807) is 25.1 Å². The molecule has 1 saturated heterocycles. The number of nitrogens with zero attached hydrogens (tertiary/aromatic N) is 3. The standard InChI is InChI=1S/C21H22F2N2O4S.C7H7F.C3H9N.CH2F2O.CH3NO/c1-3-13-7-16(22)20(17(23)8-13)14-9-19(27)24(10-14)18-5-4-6-25(21(18)28)30-15(11-26)12-29-2;1-6-2-4-7(8)5-3-6;1-4(2)3;2-1(3)4;2-1-3/h4-8,11,14-15H,3,9-10,12H2,1-2H3;2-5H,1H3;1-3H3;1,4H;1H,(H2,2,3). The Morgan fingerprint density at radius 3 is 2.00 bits per heavy atom. The highest BCUT2D eigenvalue weighted by Gasteiger charge is 2.36. The van der Waals surface area contributed by atoms with Crippen LogP contribution in [0.3, 0.4) is 0 Å². The molecule has 0 aliphatic carbocycles. The summed E-state index contributed by atoms with van der Waals surface area (Å²) in [5.74, 6) is -2.61. The lowest BCUT2D eigenvalue weighted by atomic mass is 9.95. The van der Waals surface area contributed by atoms with Gasteiger partial charge in [0.2, 0.25) is 12.3 Å². The van der Waals surface area contributed by atoms with Gasteiger partial charge in [0.1, 0.15) is 34.7 Å². The maximum atomic E-state index is 14.5. The number of alkyl halides is 2. The molecule has 1 fully saturated rings. The number of aliphatic hydroxyl groups excluding tert-OH is 1. The summed E-state index contributed by atoms with van der Waals surface area (Å²) in [5.41, 5.74) is 5.28. The van der Waals surface area contributed by atoms with E-state index in [0.29, 0.717) is 18.3 Å². The van der Waals surface area contributed by atoms with Gasteiger partial charge in [0.05, 0.1) is 6.61 Å². The summed E-state index contributed by atoms with van der Waals surface area (Å²) in [5, 5.41) is 6.13. The molecule has 2 atom stereocenters. The second-order valence-corrected chi connectivity index (χ2v) is 11.8. The number of hydrogen-bond acceptors (Lipinski definition) is 8. The third kappa shape index (κ3) is 17.2. The van der Waals surface area contributed by atoms with E-state index >= 15 is 0 Å². The predicted molar refractivity (Wildman–Crippen MR) is 180 cm³/mol. The van der Waals surface area contributed by atoms with Crippen LogP contribution in [-0.4, -0.2) is 85.8 Å². The SMILES string of the molecule is CCc1cc(F)c(C2CC(=O)N(c3cccn(SC(C=O)COC)c3=O)C2)c(F)c1.CN(C)C.Cc1ccc(F)cc1.NC=O.OC(F)F. The summed E-state index contributed by atoms with van der Waals surface area (Å²) in [7, 11) is 7.45. The van der Waals surface area contributed by atoms with Crippen LogP contribution in [0.2, 0.25) is 0 Å². The predicted octanol–water partition coefficient (Wildman–Crippen LogP) is 4.53. The van der Waals surface area contributed by atoms with Crippen LogP contribution in [0.25, 0.3) is 0 Å². The van der Waals surface area contributed by atoms with Crippen molar-refractivity contribution in [1.29, 1.82) is 0 Å². The van der Waals surface area contributed by atoms with Crippen LogP contribution in [0, 0.1) is 24.4 Å². The largest absolute Gasteiger partial charge is 0.383 e. The fraction of sp³-hybridized carbons (Fsp3) is 0.394. The Balaban J connectivity index is 0.000000987. The van der Waals surface area contributed by atoms with Gasteiger partial charge in [-0.15, -0.1) is 0 Å². The number of pyridine rings is 1.